The molecule has 2 aliphatic rings. The molecule has 1 N–H and O–H groups in total. The number of aromatic nitrogens is 1. The number of fused-ring (bicyclic) bond motifs is 2. The molecule has 100 valence electrons. The number of nitrogens with one attached hydrogen (secondary N) is 1. The van der Waals surface area contributed by atoms with Gasteiger partial charge in [0.2, 0.25) is 0 Å². The number of hydrogen-bond acceptors (Lipinski definition) is 2. The third-order valence-electron chi connectivity index (χ3n) is 5.07. The van der Waals surface area contributed by atoms with Gasteiger partial charge in [0.1, 0.15) is 0 Å². The SMILES string of the molecule is CN1CC(CS)C[C@@H]2c3cccc4[nH]cc(c34)C[C@H]21. The highest BCUT2D eigenvalue weighted by Gasteiger charge is 2.38. The van der Waals surface area contributed by atoms with Crippen LogP contribution in [0, 0.1) is 5.92 Å². The Hall–Kier alpha value is -0.930. The van der Waals surface area contributed by atoms with E-state index in [1.165, 1.54) is 35.9 Å². The first-order chi connectivity index (χ1) is 9.28. The first kappa shape index (κ1) is 11.9. The lowest BCUT2D eigenvalue weighted by Crippen LogP contribution is -2.48. The summed E-state index contributed by atoms with van der Waals surface area (Å²) < 4.78 is 0. The summed E-state index contributed by atoms with van der Waals surface area (Å²) >= 11 is 4.53. The van der Waals surface area contributed by atoms with E-state index in [2.05, 4.69) is 54.0 Å². The van der Waals surface area contributed by atoms with E-state index in [0.717, 1.165) is 11.7 Å². The average molecular weight is 272 g/mol. The molecular formula is C16H20N2S. The van der Waals surface area contributed by atoms with E-state index in [4.69, 9.17) is 0 Å². The van der Waals surface area contributed by atoms with Crippen LogP contribution in [0.1, 0.15) is 23.5 Å². The molecule has 1 aromatic heterocycles. The number of piperidine rings is 1. The normalized spacial score (nSPS) is 30.5. The number of rotatable bonds is 1. The van der Waals surface area contributed by atoms with Crippen molar-refractivity contribution in [1.82, 2.24) is 9.88 Å². The molecule has 2 aromatic rings. The Balaban J connectivity index is 1.86. The first-order valence-electron chi connectivity index (χ1n) is 7.18. The fourth-order valence-electron chi connectivity index (χ4n) is 4.19. The number of likely N-dealkylation sites (tertiary alicyclic amines) is 1. The molecule has 1 unspecified atom stereocenters. The fourth-order valence-corrected chi connectivity index (χ4v) is 4.45. The van der Waals surface area contributed by atoms with Crippen LogP contribution in [0.25, 0.3) is 10.9 Å². The van der Waals surface area contributed by atoms with Gasteiger partial charge in [-0.1, -0.05) is 12.1 Å². The summed E-state index contributed by atoms with van der Waals surface area (Å²) in [5, 5.41) is 1.50. The van der Waals surface area contributed by atoms with Gasteiger partial charge in [0.05, 0.1) is 0 Å². The van der Waals surface area contributed by atoms with Gasteiger partial charge < -0.3 is 9.88 Å². The minimum Gasteiger partial charge on any atom is -0.361 e. The Bertz CT molecular complexity index is 618. The monoisotopic (exact) mass is 272 g/mol. The number of nitrogens with zero attached hydrogens (tertiary/aromatic N) is 1. The van der Waals surface area contributed by atoms with Crippen molar-refractivity contribution in [3.8, 4) is 0 Å². The molecule has 0 radical (unpaired) electrons. The molecule has 3 atom stereocenters. The number of benzene rings is 1. The van der Waals surface area contributed by atoms with Gasteiger partial charge in [0.15, 0.2) is 0 Å². The molecule has 1 aliphatic carbocycles. The largest absolute Gasteiger partial charge is 0.361 e. The highest BCUT2D eigenvalue weighted by Crippen LogP contribution is 2.44. The average Bonchev–Trinajstić information content (AvgIpc) is 2.85. The van der Waals surface area contributed by atoms with Gasteiger partial charge in [-0.15, -0.1) is 0 Å². The van der Waals surface area contributed by atoms with E-state index in [0.29, 0.717) is 12.0 Å². The lowest BCUT2D eigenvalue weighted by Gasteiger charge is -2.45. The van der Waals surface area contributed by atoms with Crippen LogP contribution in [0.3, 0.4) is 0 Å². The molecule has 0 amide bonds. The lowest BCUT2D eigenvalue weighted by molar-refractivity contribution is 0.121. The zero-order valence-electron chi connectivity index (χ0n) is 11.3. The molecule has 3 heteroatoms. The van der Waals surface area contributed by atoms with Gasteiger partial charge in [-0.25, -0.2) is 0 Å². The summed E-state index contributed by atoms with van der Waals surface area (Å²) in [5.41, 5.74) is 4.37. The second kappa shape index (κ2) is 4.29. The second-order valence-corrected chi connectivity index (χ2v) is 6.55. The summed E-state index contributed by atoms with van der Waals surface area (Å²) in [6, 6.07) is 7.41. The topological polar surface area (TPSA) is 19.0 Å². The molecule has 0 saturated carbocycles. The molecule has 1 aromatic carbocycles. The summed E-state index contributed by atoms with van der Waals surface area (Å²) in [7, 11) is 2.28. The van der Waals surface area contributed by atoms with E-state index in [9.17, 15) is 0 Å². The van der Waals surface area contributed by atoms with Crippen molar-refractivity contribution >= 4 is 23.5 Å². The minimum absolute atomic E-state index is 0.671. The Morgan fingerprint density at radius 1 is 1.42 bits per heavy atom. The van der Waals surface area contributed by atoms with E-state index < -0.39 is 0 Å². The Morgan fingerprint density at radius 2 is 2.32 bits per heavy atom. The van der Waals surface area contributed by atoms with Crippen LogP contribution in [0.5, 0.6) is 0 Å². The maximum Gasteiger partial charge on any atom is 0.0459 e. The van der Waals surface area contributed by atoms with Crippen molar-refractivity contribution in [3.63, 3.8) is 0 Å². The zero-order chi connectivity index (χ0) is 13.0. The van der Waals surface area contributed by atoms with E-state index in [1.807, 2.05) is 0 Å². The second-order valence-electron chi connectivity index (χ2n) is 6.19. The van der Waals surface area contributed by atoms with Crippen LogP contribution in [-0.4, -0.2) is 35.3 Å². The Labute approximate surface area is 119 Å². The standard InChI is InChI=1S/C16H20N2S/c1-18-8-10(9-19)5-13-12-3-2-4-14-16(12)11(7-17-14)6-15(13)18/h2-4,7,10,13,15,17,19H,5-6,8-9H2,1H3/t10?,13-,15-/m1/s1. The van der Waals surface area contributed by atoms with Crippen LogP contribution in [0.2, 0.25) is 0 Å². The maximum atomic E-state index is 4.53. The molecular weight excluding hydrogens is 252 g/mol. The number of H-pyrrole nitrogens is 1. The highest BCUT2D eigenvalue weighted by atomic mass is 32.1. The molecule has 1 fully saturated rings. The van der Waals surface area contributed by atoms with Crippen LogP contribution in [0.15, 0.2) is 24.4 Å². The lowest BCUT2D eigenvalue weighted by atomic mass is 9.73. The molecule has 0 spiro atoms. The van der Waals surface area contributed by atoms with Crippen LogP contribution < -0.4 is 0 Å². The third-order valence-corrected chi connectivity index (χ3v) is 5.59. The van der Waals surface area contributed by atoms with Gasteiger partial charge in [0.25, 0.3) is 0 Å². The number of likely N-dealkylation sites (N-methyl/N-ethyl adjacent to an activating group) is 1. The highest BCUT2D eigenvalue weighted by molar-refractivity contribution is 7.80. The predicted octanol–water partition coefficient (Wildman–Crippen LogP) is 3.06. The third kappa shape index (κ3) is 1.68. The van der Waals surface area contributed by atoms with E-state index >= 15 is 0 Å². The van der Waals surface area contributed by atoms with Crippen molar-refractivity contribution < 1.29 is 0 Å². The van der Waals surface area contributed by atoms with Gasteiger partial charge in [0, 0.05) is 35.6 Å². The molecule has 0 bridgehead atoms. The van der Waals surface area contributed by atoms with E-state index in [1.54, 1.807) is 5.56 Å². The number of hydrogen-bond donors (Lipinski definition) is 2. The van der Waals surface area contributed by atoms with Crippen molar-refractivity contribution in [3.05, 3.63) is 35.5 Å². The van der Waals surface area contributed by atoms with Crippen molar-refractivity contribution in [2.24, 2.45) is 5.92 Å². The molecule has 1 aliphatic heterocycles. The summed E-state index contributed by atoms with van der Waals surface area (Å²) in [4.78, 5) is 6.00. The van der Waals surface area contributed by atoms with Crippen LogP contribution in [-0.2, 0) is 6.42 Å². The smallest absolute Gasteiger partial charge is 0.0459 e. The Morgan fingerprint density at radius 3 is 3.16 bits per heavy atom. The molecule has 4 rings (SSSR count). The molecule has 2 nitrogen and oxygen atoms in total. The van der Waals surface area contributed by atoms with Crippen molar-refractivity contribution in [2.45, 2.75) is 24.8 Å². The maximum absolute atomic E-state index is 4.53. The fraction of sp³-hybridized carbons (Fsp3) is 0.500. The number of thiol groups is 1. The van der Waals surface area contributed by atoms with Crippen LogP contribution >= 0.6 is 12.6 Å². The van der Waals surface area contributed by atoms with Gasteiger partial charge in [-0.05, 0) is 48.8 Å². The molecule has 19 heavy (non-hydrogen) atoms. The minimum atomic E-state index is 0.671. The van der Waals surface area contributed by atoms with Gasteiger partial charge in [-0.2, -0.15) is 12.6 Å². The van der Waals surface area contributed by atoms with Crippen molar-refractivity contribution in [2.75, 3.05) is 19.3 Å². The van der Waals surface area contributed by atoms with Gasteiger partial charge >= 0.3 is 0 Å². The Kier molecular flexibility index (Phi) is 2.68. The van der Waals surface area contributed by atoms with E-state index in [-0.39, 0.29) is 0 Å². The number of aromatic amines is 1. The summed E-state index contributed by atoms with van der Waals surface area (Å²) in [5.74, 6) is 2.41. The first-order valence-corrected chi connectivity index (χ1v) is 7.81. The molecule has 2 heterocycles. The van der Waals surface area contributed by atoms with Crippen molar-refractivity contribution in [1.29, 1.82) is 0 Å². The predicted molar refractivity (Wildman–Crippen MR) is 83.1 cm³/mol. The van der Waals surface area contributed by atoms with Gasteiger partial charge in [-0.3, -0.25) is 0 Å². The zero-order valence-corrected chi connectivity index (χ0v) is 12.2. The summed E-state index contributed by atoms with van der Waals surface area (Å²) in [6.45, 7) is 1.19. The quantitative estimate of drug-likeness (QED) is 0.764. The summed E-state index contributed by atoms with van der Waals surface area (Å²) in [6.07, 6.45) is 4.70. The van der Waals surface area contributed by atoms with Crippen LogP contribution in [0.4, 0.5) is 0 Å². The molecule has 1 saturated heterocycles.